The van der Waals surface area contributed by atoms with Crippen LogP contribution in [-0.2, 0) is 14.4 Å². The second kappa shape index (κ2) is 9.91. The number of rotatable bonds is 6. The Balaban J connectivity index is 0.000000305. The predicted octanol–water partition coefficient (Wildman–Crippen LogP) is 3.03. The maximum atomic E-state index is 12.2. The summed E-state index contributed by atoms with van der Waals surface area (Å²) in [5.74, 6) is -1.23. The summed E-state index contributed by atoms with van der Waals surface area (Å²) in [5.41, 5.74) is 1.17. The SMILES string of the molecule is C=Cc1ccccc1.CC1(C)S[C@@H]2[C@H](NC(=O)COc3ccccc3)C(=O)N2[C@H]1C(=O)O. The summed E-state index contributed by atoms with van der Waals surface area (Å²) in [6, 6.07) is 17.3. The van der Waals surface area contributed by atoms with Crippen molar-refractivity contribution in [3.05, 3.63) is 72.8 Å². The van der Waals surface area contributed by atoms with E-state index in [1.165, 1.54) is 22.2 Å². The summed E-state index contributed by atoms with van der Waals surface area (Å²) < 4.78 is 4.74. The van der Waals surface area contributed by atoms with Gasteiger partial charge in [0.1, 0.15) is 23.2 Å². The molecule has 2 aromatic carbocycles. The molecule has 3 atom stereocenters. The Labute approximate surface area is 191 Å². The van der Waals surface area contributed by atoms with Crippen LogP contribution in [0.1, 0.15) is 19.4 Å². The molecule has 2 aliphatic heterocycles. The van der Waals surface area contributed by atoms with Gasteiger partial charge < -0.3 is 20.1 Å². The highest BCUT2D eigenvalue weighted by Crippen LogP contribution is 2.50. The summed E-state index contributed by atoms with van der Waals surface area (Å²) in [7, 11) is 0. The minimum absolute atomic E-state index is 0.197. The fraction of sp³-hybridized carbons (Fsp3) is 0.292. The third kappa shape index (κ3) is 5.13. The highest BCUT2D eigenvalue weighted by Gasteiger charge is 2.64. The molecule has 0 bridgehead atoms. The van der Waals surface area contributed by atoms with E-state index in [0.717, 1.165) is 0 Å². The van der Waals surface area contributed by atoms with Crippen LogP contribution in [0.3, 0.4) is 0 Å². The van der Waals surface area contributed by atoms with Gasteiger partial charge in [-0.3, -0.25) is 9.59 Å². The summed E-state index contributed by atoms with van der Waals surface area (Å²) >= 11 is 1.39. The van der Waals surface area contributed by atoms with Gasteiger partial charge in [-0.25, -0.2) is 4.79 Å². The highest BCUT2D eigenvalue weighted by molar-refractivity contribution is 8.01. The largest absolute Gasteiger partial charge is 0.484 e. The normalized spacial score (nSPS) is 22.5. The van der Waals surface area contributed by atoms with Crippen molar-refractivity contribution in [2.75, 3.05) is 6.61 Å². The van der Waals surface area contributed by atoms with Gasteiger partial charge in [0.2, 0.25) is 5.91 Å². The number of fused-ring (bicyclic) bond motifs is 1. The Morgan fingerprint density at radius 2 is 1.75 bits per heavy atom. The number of ether oxygens (including phenoxy) is 1. The van der Waals surface area contributed by atoms with Crippen molar-refractivity contribution in [1.29, 1.82) is 0 Å². The molecule has 168 valence electrons. The van der Waals surface area contributed by atoms with Gasteiger partial charge in [-0.2, -0.15) is 0 Å². The molecule has 0 aliphatic carbocycles. The number of nitrogens with zero attached hydrogens (tertiary/aromatic N) is 1. The minimum atomic E-state index is -1.03. The van der Waals surface area contributed by atoms with Crippen LogP contribution < -0.4 is 10.1 Å². The average molecular weight is 455 g/mol. The Morgan fingerprint density at radius 3 is 2.28 bits per heavy atom. The van der Waals surface area contributed by atoms with Gasteiger partial charge in [-0.15, -0.1) is 11.8 Å². The van der Waals surface area contributed by atoms with E-state index < -0.39 is 28.7 Å². The third-order valence-electron chi connectivity index (χ3n) is 5.14. The molecule has 0 unspecified atom stereocenters. The number of thioether (sulfide) groups is 1. The van der Waals surface area contributed by atoms with E-state index in [0.29, 0.717) is 5.75 Å². The molecule has 32 heavy (non-hydrogen) atoms. The summed E-state index contributed by atoms with van der Waals surface area (Å²) in [6.45, 7) is 7.02. The third-order valence-corrected chi connectivity index (χ3v) is 6.71. The fourth-order valence-electron chi connectivity index (χ4n) is 3.62. The predicted molar refractivity (Wildman–Crippen MR) is 124 cm³/mol. The molecule has 2 aliphatic rings. The van der Waals surface area contributed by atoms with Crippen LogP contribution in [0.25, 0.3) is 6.08 Å². The van der Waals surface area contributed by atoms with Gasteiger partial charge in [0.05, 0.1) is 0 Å². The number of hydrogen-bond acceptors (Lipinski definition) is 5. The molecule has 2 amide bonds. The number of carboxylic acids is 1. The molecule has 8 heteroatoms. The van der Waals surface area contributed by atoms with Crippen molar-refractivity contribution in [3.63, 3.8) is 0 Å². The maximum Gasteiger partial charge on any atom is 0.327 e. The van der Waals surface area contributed by atoms with Crippen LogP contribution in [0.15, 0.2) is 67.2 Å². The summed E-state index contributed by atoms with van der Waals surface area (Å²) in [4.78, 5) is 37.0. The molecule has 2 aromatic rings. The van der Waals surface area contributed by atoms with E-state index >= 15 is 0 Å². The van der Waals surface area contributed by atoms with Crippen molar-refractivity contribution in [2.24, 2.45) is 0 Å². The summed E-state index contributed by atoms with van der Waals surface area (Å²) in [6.07, 6.45) is 1.83. The molecule has 7 nitrogen and oxygen atoms in total. The van der Waals surface area contributed by atoms with Gasteiger partial charge in [0, 0.05) is 4.75 Å². The highest BCUT2D eigenvalue weighted by atomic mass is 32.2. The molecule has 4 rings (SSSR count). The number of hydrogen-bond donors (Lipinski definition) is 2. The first-order chi connectivity index (χ1) is 15.2. The quantitative estimate of drug-likeness (QED) is 0.652. The van der Waals surface area contributed by atoms with E-state index in [-0.39, 0.29) is 17.9 Å². The number of carboxylic acid groups (broad SMARTS) is 1. The molecular weight excluding hydrogens is 428 g/mol. The number of amides is 2. The van der Waals surface area contributed by atoms with Crippen LogP contribution in [-0.4, -0.2) is 56.6 Å². The zero-order chi connectivity index (χ0) is 23.3. The van der Waals surface area contributed by atoms with Crippen LogP contribution in [0.4, 0.5) is 0 Å². The van der Waals surface area contributed by atoms with Crippen molar-refractivity contribution < 1.29 is 24.2 Å². The molecular formula is C24H26N2O5S. The zero-order valence-electron chi connectivity index (χ0n) is 17.9. The van der Waals surface area contributed by atoms with Gasteiger partial charge >= 0.3 is 5.97 Å². The number of para-hydroxylation sites is 1. The monoisotopic (exact) mass is 454 g/mol. The van der Waals surface area contributed by atoms with Gasteiger partial charge in [-0.05, 0) is 31.5 Å². The molecule has 0 aromatic heterocycles. The van der Waals surface area contributed by atoms with Gasteiger partial charge in [-0.1, -0.05) is 61.2 Å². The van der Waals surface area contributed by atoms with Crippen LogP contribution >= 0.6 is 11.8 Å². The van der Waals surface area contributed by atoms with E-state index in [9.17, 15) is 19.5 Å². The molecule has 0 radical (unpaired) electrons. The topological polar surface area (TPSA) is 95.9 Å². The van der Waals surface area contributed by atoms with E-state index in [1.54, 1.807) is 38.1 Å². The number of benzene rings is 2. The first kappa shape index (κ1) is 23.4. The lowest BCUT2D eigenvalue weighted by Crippen LogP contribution is -2.70. The molecule has 2 fully saturated rings. The fourth-order valence-corrected chi connectivity index (χ4v) is 5.24. The number of nitrogens with one attached hydrogen (secondary N) is 1. The van der Waals surface area contributed by atoms with Crippen molar-refractivity contribution in [3.8, 4) is 5.75 Å². The maximum absolute atomic E-state index is 12.2. The van der Waals surface area contributed by atoms with Crippen molar-refractivity contribution in [1.82, 2.24) is 10.2 Å². The lowest BCUT2D eigenvalue weighted by atomic mass is 9.96. The second-order valence-corrected chi connectivity index (χ2v) is 9.63. The van der Waals surface area contributed by atoms with E-state index in [1.807, 2.05) is 42.5 Å². The Bertz CT molecular complexity index is 980. The number of aliphatic carboxylic acids is 1. The van der Waals surface area contributed by atoms with Gasteiger partial charge in [0.15, 0.2) is 6.61 Å². The standard InChI is InChI=1S/C16H18N2O5S.C8H8/c1-16(2)12(15(21)22)18-13(20)11(14(18)24-16)17-10(19)8-23-9-6-4-3-5-7-9;1-2-8-6-4-3-5-7-8/h3-7,11-12,14H,8H2,1-2H3,(H,17,19)(H,21,22);2-7H,1H2/t11-,12+,14-;/m1./s1. The summed E-state index contributed by atoms with van der Waals surface area (Å²) in [5, 5.41) is 11.6. The van der Waals surface area contributed by atoms with Crippen LogP contribution in [0, 0.1) is 0 Å². The van der Waals surface area contributed by atoms with Crippen LogP contribution in [0.5, 0.6) is 5.75 Å². The Kier molecular flexibility index (Phi) is 7.25. The zero-order valence-corrected chi connectivity index (χ0v) is 18.7. The lowest BCUT2D eigenvalue weighted by Gasteiger charge is -2.43. The first-order valence-electron chi connectivity index (χ1n) is 10.1. The smallest absolute Gasteiger partial charge is 0.327 e. The molecule has 2 heterocycles. The lowest BCUT2D eigenvalue weighted by molar-refractivity contribution is -0.161. The first-order valence-corrected chi connectivity index (χ1v) is 11.0. The molecule has 0 spiro atoms. The Morgan fingerprint density at radius 1 is 1.16 bits per heavy atom. The second-order valence-electron chi connectivity index (χ2n) is 7.86. The van der Waals surface area contributed by atoms with Crippen LogP contribution in [0.2, 0.25) is 0 Å². The van der Waals surface area contributed by atoms with Crippen molar-refractivity contribution in [2.45, 2.75) is 36.1 Å². The molecule has 2 N–H and O–H groups in total. The van der Waals surface area contributed by atoms with Crippen molar-refractivity contribution >= 4 is 35.6 Å². The van der Waals surface area contributed by atoms with E-state index in [2.05, 4.69) is 11.9 Å². The Hall–Kier alpha value is -3.26. The number of carbonyl (C=O) groups is 3. The number of carbonyl (C=O) groups excluding carboxylic acids is 2. The minimum Gasteiger partial charge on any atom is -0.484 e. The molecule has 2 saturated heterocycles. The van der Waals surface area contributed by atoms with Gasteiger partial charge in [0.25, 0.3) is 5.91 Å². The number of β-lactam (4-membered cyclic amide) rings is 1. The average Bonchev–Trinajstić information content (AvgIpc) is 3.05. The van der Waals surface area contributed by atoms with E-state index in [4.69, 9.17) is 4.74 Å². The molecule has 0 saturated carbocycles.